The largest absolute Gasteiger partial charge is 0.508 e. The molecule has 4 nitrogen and oxygen atoms in total. The lowest BCUT2D eigenvalue weighted by Crippen LogP contribution is -2.07. The predicted octanol–water partition coefficient (Wildman–Crippen LogP) is 4.08. The Balaban J connectivity index is 1.96. The molecule has 0 fully saturated rings. The number of aliphatic hydroxyl groups is 1. The van der Waals surface area contributed by atoms with Crippen LogP contribution in [0.15, 0.2) is 71.1 Å². The average molecular weight is 309 g/mol. The number of ketones is 1. The van der Waals surface area contributed by atoms with Crippen LogP contribution in [-0.4, -0.2) is 25.0 Å². The number of furan rings is 1. The van der Waals surface area contributed by atoms with Gasteiger partial charge in [-0.1, -0.05) is 18.2 Å². The predicted molar refractivity (Wildman–Crippen MR) is 93.3 cm³/mol. The van der Waals surface area contributed by atoms with E-state index in [0.29, 0.717) is 5.76 Å². The van der Waals surface area contributed by atoms with E-state index in [1.54, 1.807) is 24.3 Å². The molecule has 0 radical (unpaired) electrons. The van der Waals surface area contributed by atoms with Gasteiger partial charge in [0.2, 0.25) is 0 Å². The number of carbonyl (C=O) groups is 1. The second kappa shape index (κ2) is 7.84. The van der Waals surface area contributed by atoms with Crippen LogP contribution in [0.1, 0.15) is 11.3 Å². The van der Waals surface area contributed by atoms with Gasteiger partial charge in [0.1, 0.15) is 11.5 Å². The zero-order chi connectivity index (χ0) is 16.7. The Kier molecular flexibility index (Phi) is 5.58. The van der Waals surface area contributed by atoms with Crippen molar-refractivity contribution < 1.29 is 14.3 Å². The summed E-state index contributed by atoms with van der Waals surface area (Å²) in [6, 6.07) is 11.3. The first-order valence-electron chi connectivity index (χ1n) is 7.16. The van der Waals surface area contributed by atoms with E-state index in [1.165, 1.54) is 18.4 Å². The molecular formula is C19H19NO3. The van der Waals surface area contributed by atoms with Gasteiger partial charge < -0.3 is 14.4 Å². The maximum absolute atomic E-state index is 11.7. The van der Waals surface area contributed by atoms with Crippen molar-refractivity contribution in [2.45, 2.75) is 0 Å². The van der Waals surface area contributed by atoms with E-state index >= 15 is 0 Å². The summed E-state index contributed by atoms with van der Waals surface area (Å²) < 4.78 is 5.08. The molecule has 0 amide bonds. The lowest BCUT2D eigenvalue weighted by molar-refractivity contribution is -0.110. The minimum absolute atomic E-state index is 0.101. The lowest BCUT2D eigenvalue weighted by Gasteiger charge is -2.11. The number of aliphatic hydroxyl groups excluding tert-OH is 1. The number of hydrogen-bond acceptors (Lipinski definition) is 4. The van der Waals surface area contributed by atoms with E-state index in [0.717, 1.165) is 17.3 Å². The number of allylic oxidation sites excluding steroid dienone is 3. The van der Waals surface area contributed by atoms with Gasteiger partial charge in [-0.15, -0.1) is 0 Å². The third-order valence-corrected chi connectivity index (χ3v) is 3.10. The second-order valence-electron chi connectivity index (χ2n) is 5.14. The van der Waals surface area contributed by atoms with Crippen molar-refractivity contribution in [1.29, 1.82) is 0 Å². The smallest absolute Gasteiger partial charge is 0.182 e. The Morgan fingerprint density at radius 1 is 1.09 bits per heavy atom. The first-order valence-corrected chi connectivity index (χ1v) is 7.16. The van der Waals surface area contributed by atoms with E-state index in [9.17, 15) is 9.90 Å². The van der Waals surface area contributed by atoms with Crippen LogP contribution < -0.4 is 4.90 Å². The highest BCUT2D eigenvalue weighted by Gasteiger charge is 1.96. The third kappa shape index (κ3) is 5.36. The minimum Gasteiger partial charge on any atom is -0.508 e. The minimum atomic E-state index is -0.313. The van der Waals surface area contributed by atoms with Crippen molar-refractivity contribution in [3.63, 3.8) is 0 Å². The zero-order valence-electron chi connectivity index (χ0n) is 13.1. The number of nitrogens with zero attached hydrogens (tertiary/aromatic N) is 1. The highest BCUT2D eigenvalue weighted by molar-refractivity contribution is 6.02. The van der Waals surface area contributed by atoms with Crippen LogP contribution in [0, 0.1) is 0 Å². The SMILES string of the molecule is CN(C)c1ccc(/C=C/C(O)=C/C(=O)/C=C/c2ccco2)cc1. The fraction of sp³-hybridized carbons (Fsp3) is 0.105. The maximum atomic E-state index is 11.7. The van der Waals surface area contributed by atoms with Crippen molar-refractivity contribution in [2.24, 2.45) is 0 Å². The summed E-state index contributed by atoms with van der Waals surface area (Å²) in [7, 11) is 3.95. The highest BCUT2D eigenvalue weighted by Crippen LogP contribution is 2.13. The third-order valence-electron chi connectivity index (χ3n) is 3.10. The van der Waals surface area contributed by atoms with Gasteiger partial charge in [0, 0.05) is 25.9 Å². The van der Waals surface area contributed by atoms with Gasteiger partial charge in [0.15, 0.2) is 5.78 Å². The molecule has 0 atom stereocenters. The summed E-state index contributed by atoms with van der Waals surface area (Å²) in [6.07, 6.45) is 8.81. The number of benzene rings is 1. The van der Waals surface area contributed by atoms with Crippen LogP contribution in [0.3, 0.4) is 0 Å². The van der Waals surface area contributed by atoms with E-state index in [2.05, 4.69) is 0 Å². The number of rotatable bonds is 6. The Hall–Kier alpha value is -3.01. The molecule has 0 aliphatic carbocycles. The second-order valence-corrected chi connectivity index (χ2v) is 5.14. The molecule has 0 unspecified atom stereocenters. The zero-order valence-corrected chi connectivity index (χ0v) is 13.1. The van der Waals surface area contributed by atoms with Crippen molar-refractivity contribution in [3.05, 3.63) is 78.0 Å². The molecule has 1 aromatic carbocycles. The van der Waals surface area contributed by atoms with E-state index in [4.69, 9.17) is 4.42 Å². The summed E-state index contributed by atoms with van der Waals surface area (Å²) in [5.74, 6) is 0.171. The topological polar surface area (TPSA) is 53.7 Å². The Bertz CT molecular complexity index is 720. The normalized spacial score (nSPS) is 12.2. The molecular weight excluding hydrogens is 290 g/mol. The van der Waals surface area contributed by atoms with Crippen molar-refractivity contribution in [3.8, 4) is 0 Å². The van der Waals surface area contributed by atoms with Gasteiger partial charge in [0.25, 0.3) is 0 Å². The van der Waals surface area contributed by atoms with Crippen LogP contribution in [-0.2, 0) is 4.79 Å². The van der Waals surface area contributed by atoms with E-state index in [1.807, 2.05) is 43.3 Å². The molecule has 2 aromatic rings. The molecule has 0 aliphatic heterocycles. The van der Waals surface area contributed by atoms with Gasteiger partial charge in [-0.3, -0.25) is 4.79 Å². The van der Waals surface area contributed by atoms with E-state index in [-0.39, 0.29) is 11.5 Å². The summed E-state index contributed by atoms with van der Waals surface area (Å²) in [4.78, 5) is 13.7. The van der Waals surface area contributed by atoms with Crippen LogP contribution in [0.2, 0.25) is 0 Å². The lowest BCUT2D eigenvalue weighted by atomic mass is 10.1. The maximum Gasteiger partial charge on any atom is 0.182 e. The molecule has 0 spiro atoms. The van der Waals surface area contributed by atoms with Gasteiger partial charge >= 0.3 is 0 Å². The average Bonchev–Trinajstić information content (AvgIpc) is 3.05. The van der Waals surface area contributed by atoms with Crippen LogP contribution in [0.5, 0.6) is 0 Å². The molecule has 4 heteroatoms. The molecule has 0 saturated heterocycles. The molecule has 1 aromatic heterocycles. The van der Waals surface area contributed by atoms with Crippen molar-refractivity contribution in [2.75, 3.05) is 19.0 Å². The Labute approximate surface area is 135 Å². The van der Waals surface area contributed by atoms with Gasteiger partial charge in [-0.05, 0) is 48.1 Å². The van der Waals surface area contributed by atoms with Crippen LogP contribution in [0.4, 0.5) is 5.69 Å². The molecule has 2 rings (SSSR count). The molecule has 23 heavy (non-hydrogen) atoms. The molecule has 0 saturated carbocycles. The summed E-state index contributed by atoms with van der Waals surface area (Å²) >= 11 is 0. The fourth-order valence-corrected chi connectivity index (χ4v) is 1.86. The Morgan fingerprint density at radius 3 is 2.43 bits per heavy atom. The molecule has 1 N–H and O–H groups in total. The van der Waals surface area contributed by atoms with Gasteiger partial charge in [-0.25, -0.2) is 0 Å². The van der Waals surface area contributed by atoms with Crippen molar-refractivity contribution >= 4 is 23.6 Å². The first-order chi connectivity index (χ1) is 11.0. The number of carbonyl (C=O) groups excluding carboxylic acids is 1. The van der Waals surface area contributed by atoms with E-state index < -0.39 is 0 Å². The monoisotopic (exact) mass is 309 g/mol. The van der Waals surface area contributed by atoms with Crippen LogP contribution in [0.25, 0.3) is 12.2 Å². The molecule has 1 heterocycles. The van der Waals surface area contributed by atoms with Gasteiger partial charge in [-0.2, -0.15) is 0 Å². The Morgan fingerprint density at radius 2 is 1.83 bits per heavy atom. The number of hydrogen-bond donors (Lipinski definition) is 1. The molecule has 0 bridgehead atoms. The molecule has 118 valence electrons. The summed E-state index contributed by atoms with van der Waals surface area (Å²) in [5.41, 5.74) is 2.04. The fourth-order valence-electron chi connectivity index (χ4n) is 1.86. The highest BCUT2D eigenvalue weighted by atomic mass is 16.3. The standard InChI is InChI=1S/C19H19NO3/c1-20(2)16-8-5-15(6-9-16)7-10-17(21)14-18(22)11-12-19-4-3-13-23-19/h3-14,21H,1-2H3/b10-7+,12-11+,17-14-. The quantitative estimate of drug-likeness (QED) is 0.496. The van der Waals surface area contributed by atoms with Crippen LogP contribution >= 0.6 is 0 Å². The number of anilines is 1. The van der Waals surface area contributed by atoms with Crippen molar-refractivity contribution in [1.82, 2.24) is 0 Å². The summed E-state index contributed by atoms with van der Waals surface area (Å²) in [6.45, 7) is 0. The molecule has 0 aliphatic rings. The van der Waals surface area contributed by atoms with Gasteiger partial charge in [0.05, 0.1) is 6.26 Å². The first kappa shape index (κ1) is 16.4. The summed E-state index contributed by atoms with van der Waals surface area (Å²) in [5, 5.41) is 9.77.